The van der Waals surface area contributed by atoms with E-state index in [9.17, 15) is 0 Å². The van der Waals surface area contributed by atoms with Crippen molar-refractivity contribution in [2.24, 2.45) is 5.73 Å². The van der Waals surface area contributed by atoms with Gasteiger partial charge >= 0.3 is 0 Å². The van der Waals surface area contributed by atoms with Crippen molar-refractivity contribution in [1.82, 2.24) is 14.8 Å². The van der Waals surface area contributed by atoms with E-state index >= 15 is 0 Å². The van der Waals surface area contributed by atoms with Gasteiger partial charge in [0.2, 0.25) is 0 Å². The van der Waals surface area contributed by atoms with Crippen LogP contribution in [0.2, 0.25) is 5.02 Å². The molecule has 104 valence electrons. The maximum atomic E-state index is 6.29. The molecule has 2 heterocycles. The minimum Gasteiger partial charge on any atom is -0.327 e. The third-order valence-corrected chi connectivity index (χ3v) is 4.36. The summed E-state index contributed by atoms with van der Waals surface area (Å²) in [6.45, 7) is 6.80. The summed E-state index contributed by atoms with van der Waals surface area (Å²) >= 11 is 7.95. The highest BCUT2D eigenvalue weighted by Gasteiger charge is 2.16. The van der Waals surface area contributed by atoms with Gasteiger partial charge in [0, 0.05) is 30.8 Å². The van der Waals surface area contributed by atoms with Crippen LogP contribution in [0, 0.1) is 13.8 Å². The van der Waals surface area contributed by atoms with Gasteiger partial charge in [-0.15, -0.1) is 11.3 Å². The fraction of sp³-hybridized carbons (Fsp3) is 0.538. The molecule has 0 radical (unpaired) electrons. The summed E-state index contributed by atoms with van der Waals surface area (Å²) in [6.07, 6.45) is 1.50. The molecule has 2 aromatic heterocycles. The fourth-order valence-electron chi connectivity index (χ4n) is 2.16. The van der Waals surface area contributed by atoms with Crippen LogP contribution in [0.25, 0.3) is 0 Å². The van der Waals surface area contributed by atoms with Crippen molar-refractivity contribution in [2.75, 3.05) is 0 Å². The summed E-state index contributed by atoms with van der Waals surface area (Å²) < 4.78 is 1.93. The van der Waals surface area contributed by atoms with Crippen molar-refractivity contribution < 1.29 is 0 Å². The van der Waals surface area contributed by atoms with Gasteiger partial charge < -0.3 is 5.73 Å². The Morgan fingerprint density at radius 3 is 2.74 bits per heavy atom. The molecule has 0 aliphatic rings. The van der Waals surface area contributed by atoms with Crippen molar-refractivity contribution in [3.05, 3.63) is 32.5 Å². The van der Waals surface area contributed by atoms with Crippen molar-refractivity contribution in [1.29, 1.82) is 0 Å². The van der Waals surface area contributed by atoms with Crippen LogP contribution in [0.5, 0.6) is 0 Å². The van der Waals surface area contributed by atoms with E-state index in [4.69, 9.17) is 17.3 Å². The summed E-state index contributed by atoms with van der Waals surface area (Å²) in [5, 5.41) is 8.30. The van der Waals surface area contributed by atoms with Gasteiger partial charge in [-0.3, -0.25) is 4.68 Å². The Morgan fingerprint density at radius 2 is 2.16 bits per heavy atom. The van der Waals surface area contributed by atoms with Gasteiger partial charge in [0.15, 0.2) is 0 Å². The van der Waals surface area contributed by atoms with Gasteiger partial charge in [-0.05, 0) is 20.8 Å². The summed E-state index contributed by atoms with van der Waals surface area (Å²) in [4.78, 5) is 4.45. The highest BCUT2D eigenvalue weighted by Crippen LogP contribution is 2.22. The Hall–Kier alpha value is -0.910. The molecular formula is C13H19ClN4S. The first kappa shape index (κ1) is 14.5. The van der Waals surface area contributed by atoms with E-state index in [0.29, 0.717) is 0 Å². The second-order valence-electron chi connectivity index (χ2n) is 4.69. The molecule has 0 aromatic carbocycles. The Kier molecular flexibility index (Phi) is 4.60. The smallest absolute Gasteiger partial charge is 0.0897 e. The Bertz CT molecular complexity index is 561. The number of nitrogens with zero attached hydrogens (tertiary/aromatic N) is 3. The maximum absolute atomic E-state index is 6.29. The number of hydrogen-bond acceptors (Lipinski definition) is 4. The molecule has 2 N–H and O–H groups in total. The largest absolute Gasteiger partial charge is 0.327 e. The zero-order valence-corrected chi connectivity index (χ0v) is 13.1. The van der Waals surface area contributed by atoms with E-state index in [1.165, 1.54) is 0 Å². The van der Waals surface area contributed by atoms with E-state index in [1.54, 1.807) is 11.3 Å². The molecule has 0 saturated heterocycles. The van der Waals surface area contributed by atoms with E-state index < -0.39 is 0 Å². The normalized spacial score (nSPS) is 12.9. The monoisotopic (exact) mass is 298 g/mol. The van der Waals surface area contributed by atoms with Crippen molar-refractivity contribution in [3.8, 4) is 0 Å². The highest BCUT2D eigenvalue weighted by molar-refractivity contribution is 7.09. The van der Waals surface area contributed by atoms with Crippen molar-refractivity contribution in [3.63, 3.8) is 0 Å². The first-order valence-corrected chi connectivity index (χ1v) is 7.65. The Balaban J connectivity index is 2.08. The number of aryl methyl sites for hydroxylation is 3. The minimum atomic E-state index is 0.0143. The predicted molar refractivity (Wildman–Crippen MR) is 79.9 cm³/mol. The minimum absolute atomic E-state index is 0.0143. The van der Waals surface area contributed by atoms with E-state index in [1.807, 2.05) is 18.5 Å². The highest BCUT2D eigenvalue weighted by atomic mass is 35.5. The molecule has 0 bridgehead atoms. The molecule has 1 unspecified atom stereocenters. The van der Waals surface area contributed by atoms with Crippen LogP contribution in [0.1, 0.15) is 29.0 Å². The van der Waals surface area contributed by atoms with Crippen LogP contribution in [0.3, 0.4) is 0 Å². The molecule has 0 aliphatic heterocycles. The van der Waals surface area contributed by atoms with E-state index in [0.717, 1.165) is 46.5 Å². The third kappa shape index (κ3) is 3.35. The molecule has 4 nitrogen and oxygen atoms in total. The Labute approximate surface area is 122 Å². The van der Waals surface area contributed by atoms with Gasteiger partial charge in [0.25, 0.3) is 0 Å². The number of nitrogens with two attached hydrogens (primary N) is 1. The van der Waals surface area contributed by atoms with Crippen LogP contribution in [0.15, 0.2) is 5.38 Å². The lowest BCUT2D eigenvalue weighted by Gasteiger charge is -2.11. The Morgan fingerprint density at radius 1 is 1.42 bits per heavy atom. The van der Waals surface area contributed by atoms with Gasteiger partial charge in [-0.25, -0.2) is 4.98 Å². The van der Waals surface area contributed by atoms with E-state index in [2.05, 4.69) is 22.4 Å². The fourth-order valence-corrected chi connectivity index (χ4v) is 2.99. The van der Waals surface area contributed by atoms with Gasteiger partial charge in [-0.2, -0.15) is 5.10 Å². The lowest BCUT2D eigenvalue weighted by atomic mass is 10.1. The maximum Gasteiger partial charge on any atom is 0.0897 e. The summed E-state index contributed by atoms with van der Waals surface area (Å²) in [6, 6.07) is 0.0143. The zero-order chi connectivity index (χ0) is 14.0. The molecule has 0 aliphatic carbocycles. The van der Waals surface area contributed by atoms with E-state index in [-0.39, 0.29) is 6.04 Å². The van der Waals surface area contributed by atoms with Gasteiger partial charge in [0.1, 0.15) is 0 Å². The molecule has 0 fully saturated rings. The standard InChI is InChI=1S/C13H19ClN4S/c1-4-18-12(13(14)8(2)17-18)6-10(15)5-11-7-19-9(3)16-11/h7,10H,4-6,15H2,1-3H3. The SMILES string of the molecule is CCn1nc(C)c(Cl)c1CC(N)Cc1csc(C)n1. The lowest BCUT2D eigenvalue weighted by molar-refractivity contribution is 0.572. The molecular weight excluding hydrogens is 280 g/mol. The van der Waals surface area contributed by atoms with Crippen molar-refractivity contribution in [2.45, 2.75) is 46.2 Å². The molecule has 0 amide bonds. The summed E-state index contributed by atoms with van der Waals surface area (Å²) in [5.74, 6) is 0. The summed E-state index contributed by atoms with van der Waals surface area (Å²) in [5.41, 5.74) is 9.17. The number of hydrogen-bond donors (Lipinski definition) is 1. The first-order chi connectivity index (χ1) is 9.01. The molecule has 0 saturated carbocycles. The second kappa shape index (κ2) is 6.03. The molecule has 2 rings (SSSR count). The number of thiazole rings is 1. The van der Waals surface area contributed by atoms with Crippen LogP contribution >= 0.6 is 22.9 Å². The number of halogens is 1. The van der Waals surface area contributed by atoms with Crippen LogP contribution in [-0.4, -0.2) is 20.8 Å². The number of aromatic nitrogens is 3. The lowest BCUT2D eigenvalue weighted by Crippen LogP contribution is -2.27. The summed E-state index contributed by atoms with van der Waals surface area (Å²) in [7, 11) is 0. The molecule has 2 aromatic rings. The first-order valence-electron chi connectivity index (χ1n) is 6.39. The molecule has 19 heavy (non-hydrogen) atoms. The third-order valence-electron chi connectivity index (χ3n) is 3.05. The topological polar surface area (TPSA) is 56.7 Å². The predicted octanol–water partition coefficient (Wildman–Crippen LogP) is 2.74. The number of rotatable bonds is 5. The van der Waals surface area contributed by atoms with Gasteiger partial charge in [0.05, 0.1) is 27.1 Å². The molecule has 1 atom stereocenters. The average Bonchev–Trinajstić information content (AvgIpc) is 2.87. The average molecular weight is 299 g/mol. The van der Waals surface area contributed by atoms with Crippen LogP contribution in [0.4, 0.5) is 0 Å². The zero-order valence-electron chi connectivity index (χ0n) is 11.5. The van der Waals surface area contributed by atoms with Crippen molar-refractivity contribution >= 4 is 22.9 Å². The van der Waals surface area contributed by atoms with Gasteiger partial charge in [-0.1, -0.05) is 11.6 Å². The second-order valence-corrected chi connectivity index (χ2v) is 6.13. The van der Waals surface area contributed by atoms with Crippen LogP contribution < -0.4 is 5.73 Å². The molecule has 6 heteroatoms. The van der Waals surface area contributed by atoms with Crippen LogP contribution in [-0.2, 0) is 19.4 Å². The molecule has 0 spiro atoms. The quantitative estimate of drug-likeness (QED) is 0.923.